The summed E-state index contributed by atoms with van der Waals surface area (Å²) >= 11 is 1.56. The Labute approximate surface area is 112 Å². The Balaban J connectivity index is 2.35. The van der Waals surface area contributed by atoms with E-state index in [2.05, 4.69) is 48.0 Å². The number of rotatable bonds is 4. The van der Waals surface area contributed by atoms with Crippen LogP contribution in [0.3, 0.4) is 0 Å². The molecule has 0 spiro atoms. The molecule has 1 N–H and O–H groups in total. The smallest absolute Gasteiger partial charge is 0.190 e. The van der Waals surface area contributed by atoms with E-state index in [9.17, 15) is 5.11 Å². The zero-order chi connectivity index (χ0) is 13.1. The second-order valence-corrected chi connectivity index (χ2v) is 5.31. The van der Waals surface area contributed by atoms with Gasteiger partial charge in [0.2, 0.25) is 0 Å². The summed E-state index contributed by atoms with van der Waals surface area (Å²) in [5, 5.41) is 10.2. The van der Waals surface area contributed by atoms with Gasteiger partial charge >= 0.3 is 0 Å². The molecule has 0 atom stereocenters. The molecule has 4 heteroatoms. The summed E-state index contributed by atoms with van der Waals surface area (Å²) in [6.45, 7) is 7.05. The predicted octanol–water partition coefficient (Wildman–Crippen LogP) is 3.41. The van der Waals surface area contributed by atoms with E-state index in [0.717, 1.165) is 27.9 Å². The number of benzene rings is 1. The SMILES string of the molecule is CCN(c1ccc(C)cc1)c1nc(C)c(CO)s1. The lowest BCUT2D eigenvalue weighted by atomic mass is 10.2. The van der Waals surface area contributed by atoms with Gasteiger partial charge in [0.25, 0.3) is 0 Å². The Morgan fingerprint density at radius 1 is 1.22 bits per heavy atom. The highest BCUT2D eigenvalue weighted by molar-refractivity contribution is 7.15. The summed E-state index contributed by atoms with van der Waals surface area (Å²) < 4.78 is 0. The van der Waals surface area contributed by atoms with Gasteiger partial charge < -0.3 is 10.0 Å². The number of aryl methyl sites for hydroxylation is 2. The van der Waals surface area contributed by atoms with E-state index in [1.807, 2.05) is 6.92 Å². The number of hydrogen-bond donors (Lipinski definition) is 1. The molecule has 2 rings (SSSR count). The third-order valence-corrected chi connectivity index (χ3v) is 4.08. The molecule has 0 aliphatic carbocycles. The molecular weight excluding hydrogens is 244 g/mol. The van der Waals surface area contributed by atoms with Crippen molar-refractivity contribution in [3.05, 3.63) is 40.4 Å². The molecule has 0 radical (unpaired) electrons. The Kier molecular flexibility index (Phi) is 3.99. The lowest BCUT2D eigenvalue weighted by Crippen LogP contribution is -2.15. The third kappa shape index (κ3) is 2.54. The van der Waals surface area contributed by atoms with E-state index in [4.69, 9.17) is 0 Å². The van der Waals surface area contributed by atoms with Crippen molar-refractivity contribution < 1.29 is 5.11 Å². The van der Waals surface area contributed by atoms with Crippen molar-refractivity contribution in [1.29, 1.82) is 0 Å². The van der Waals surface area contributed by atoms with Crippen molar-refractivity contribution in [2.45, 2.75) is 27.4 Å². The van der Waals surface area contributed by atoms with Gasteiger partial charge in [-0.25, -0.2) is 4.98 Å². The lowest BCUT2D eigenvalue weighted by Gasteiger charge is -2.20. The Morgan fingerprint density at radius 2 is 1.89 bits per heavy atom. The van der Waals surface area contributed by atoms with E-state index in [1.54, 1.807) is 11.3 Å². The van der Waals surface area contributed by atoms with Crippen LogP contribution in [0.5, 0.6) is 0 Å². The maximum Gasteiger partial charge on any atom is 0.190 e. The number of nitrogens with zero attached hydrogens (tertiary/aromatic N) is 2. The highest BCUT2D eigenvalue weighted by Crippen LogP contribution is 2.31. The molecule has 0 saturated carbocycles. The van der Waals surface area contributed by atoms with Crippen LogP contribution in [0.15, 0.2) is 24.3 Å². The fraction of sp³-hybridized carbons (Fsp3) is 0.357. The largest absolute Gasteiger partial charge is 0.391 e. The topological polar surface area (TPSA) is 36.4 Å². The number of aliphatic hydroxyl groups excluding tert-OH is 1. The Morgan fingerprint density at radius 3 is 2.39 bits per heavy atom. The number of thiazole rings is 1. The molecule has 0 saturated heterocycles. The van der Waals surface area contributed by atoms with Crippen molar-refractivity contribution in [1.82, 2.24) is 4.98 Å². The Hall–Kier alpha value is -1.39. The second kappa shape index (κ2) is 5.50. The van der Waals surface area contributed by atoms with Gasteiger partial charge in [0.15, 0.2) is 5.13 Å². The molecule has 18 heavy (non-hydrogen) atoms. The fourth-order valence-corrected chi connectivity index (χ4v) is 2.83. The lowest BCUT2D eigenvalue weighted by molar-refractivity contribution is 0.284. The van der Waals surface area contributed by atoms with Crippen LogP contribution >= 0.6 is 11.3 Å². The van der Waals surface area contributed by atoms with Crippen LogP contribution in [0.4, 0.5) is 10.8 Å². The first kappa shape index (κ1) is 13.1. The molecule has 3 nitrogen and oxygen atoms in total. The first-order valence-electron chi connectivity index (χ1n) is 6.07. The summed E-state index contributed by atoms with van der Waals surface area (Å²) in [5.41, 5.74) is 3.31. The minimum absolute atomic E-state index is 0.0644. The van der Waals surface area contributed by atoms with E-state index < -0.39 is 0 Å². The maximum atomic E-state index is 9.25. The molecule has 0 unspecified atom stereocenters. The van der Waals surface area contributed by atoms with Crippen LogP contribution in [0.1, 0.15) is 23.1 Å². The molecule has 1 heterocycles. The van der Waals surface area contributed by atoms with Crippen LogP contribution in [0.2, 0.25) is 0 Å². The molecule has 0 amide bonds. The molecular formula is C14H18N2OS. The van der Waals surface area contributed by atoms with Gasteiger partial charge in [-0.05, 0) is 32.9 Å². The predicted molar refractivity (Wildman–Crippen MR) is 76.6 cm³/mol. The van der Waals surface area contributed by atoms with Crippen molar-refractivity contribution >= 4 is 22.2 Å². The molecule has 1 aromatic carbocycles. The molecule has 96 valence electrons. The monoisotopic (exact) mass is 262 g/mol. The zero-order valence-electron chi connectivity index (χ0n) is 11.0. The van der Waals surface area contributed by atoms with Crippen LogP contribution in [0, 0.1) is 13.8 Å². The van der Waals surface area contributed by atoms with Gasteiger partial charge in [0.1, 0.15) is 0 Å². The maximum absolute atomic E-state index is 9.25. The van der Waals surface area contributed by atoms with Crippen molar-refractivity contribution in [3.63, 3.8) is 0 Å². The van der Waals surface area contributed by atoms with Crippen LogP contribution in [-0.4, -0.2) is 16.6 Å². The molecule has 2 aromatic rings. The molecule has 0 aliphatic rings. The minimum Gasteiger partial charge on any atom is -0.391 e. The standard InChI is InChI=1S/C14H18N2OS/c1-4-16(12-7-5-10(2)6-8-12)14-15-11(3)13(9-17)18-14/h5-8,17H,4,9H2,1-3H3. The summed E-state index contributed by atoms with van der Waals surface area (Å²) in [6, 6.07) is 8.42. The molecule has 0 fully saturated rings. The van der Waals surface area contributed by atoms with Crippen molar-refractivity contribution in [3.8, 4) is 0 Å². The van der Waals surface area contributed by atoms with E-state index >= 15 is 0 Å². The summed E-state index contributed by atoms with van der Waals surface area (Å²) in [7, 11) is 0. The number of aliphatic hydroxyl groups is 1. The first-order chi connectivity index (χ1) is 8.65. The van der Waals surface area contributed by atoms with E-state index in [-0.39, 0.29) is 6.61 Å². The summed E-state index contributed by atoms with van der Waals surface area (Å²) in [5.74, 6) is 0. The summed E-state index contributed by atoms with van der Waals surface area (Å²) in [6.07, 6.45) is 0. The number of aromatic nitrogens is 1. The van der Waals surface area contributed by atoms with E-state index in [0.29, 0.717) is 0 Å². The van der Waals surface area contributed by atoms with Crippen LogP contribution in [0.25, 0.3) is 0 Å². The van der Waals surface area contributed by atoms with Crippen molar-refractivity contribution in [2.24, 2.45) is 0 Å². The quantitative estimate of drug-likeness (QED) is 0.917. The van der Waals surface area contributed by atoms with Gasteiger partial charge in [-0.3, -0.25) is 0 Å². The molecule has 1 aromatic heterocycles. The number of anilines is 2. The highest BCUT2D eigenvalue weighted by Gasteiger charge is 2.13. The number of hydrogen-bond acceptors (Lipinski definition) is 4. The van der Waals surface area contributed by atoms with Crippen LogP contribution < -0.4 is 4.90 Å². The first-order valence-corrected chi connectivity index (χ1v) is 6.88. The van der Waals surface area contributed by atoms with Gasteiger partial charge in [-0.15, -0.1) is 0 Å². The van der Waals surface area contributed by atoms with Gasteiger partial charge in [-0.1, -0.05) is 29.0 Å². The third-order valence-electron chi connectivity index (χ3n) is 2.92. The van der Waals surface area contributed by atoms with Crippen molar-refractivity contribution in [2.75, 3.05) is 11.4 Å². The zero-order valence-corrected chi connectivity index (χ0v) is 11.8. The van der Waals surface area contributed by atoms with Gasteiger partial charge in [-0.2, -0.15) is 0 Å². The van der Waals surface area contributed by atoms with Gasteiger partial charge in [0.05, 0.1) is 17.2 Å². The normalized spacial score (nSPS) is 10.7. The Bertz CT molecular complexity index is 519. The average molecular weight is 262 g/mol. The van der Waals surface area contributed by atoms with Gasteiger partial charge in [0, 0.05) is 12.2 Å². The second-order valence-electron chi connectivity index (χ2n) is 4.24. The molecule has 0 bridgehead atoms. The molecule has 0 aliphatic heterocycles. The highest BCUT2D eigenvalue weighted by atomic mass is 32.1. The average Bonchev–Trinajstić information content (AvgIpc) is 2.74. The minimum atomic E-state index is 0.0644. The van der Waals surface area contributed by atoms with E-state index in [1.165, 1.54) is 5.56 Å². The van der Waals surface area contributed by atoms with Crippen LogP contribution in [-0.2, 0) is 6.61 Å². The fourth-order valence-electron chi connectivity index (χ4n) is 1.83. The summed E-state index contributed by atoms with van der Waals surface area (Å²) in [4.78, 5) is 7.64.